The molecule has 0 aliphatic heterocycles. The fraction of sp³-hybridized carbons (Fsp3) is 0.143. The van der Waals surface area contributed by atoms with Crippen molar-refractivity contribution in [2.45, 2.75) is 13.1 Å². The highest BCUT2D eigenvalue weighted by Gasteiger charge is 2.33. The first-order valence-corrected chi connectivity index (χ1v) is 5.16. The Labute approximate surface area is 102 Å². The molecular weight excluding hydrogens is 241 g/mol. The summed E-state index contributed by atoms with van der Waals surface area (Å²) in [6.07, 6.45) is 0.594. The number of furan rings is 1. The Morgan fingerprint density at radius 1 is 1.17 bits per heavy atom. The molecule has 1 heterocycles. The van der Waals surface area contributed by atoms with Gasteiger partial charge < -0.3 is 4.42 Å². The van der Waals surface area contributed by atoms with Gasteiger partial charge in [0.1, 0.15) is 11.5 Å². The second-order valence-electron chi connectivity index (χ2n) is 3.81. The highest BCUT2D eigenvalue weighted by molar-refractivity contribution is 5.62. The third kappa shape index (κ3) is 2.25. The molecule has 1 nitrogen and oxygen atoms in total. The number of halogens is 3. The summed E-state index contributed by atoms with van der Waals surface area (Å²) < 4.78 is 43.7. The molecule has 0 N–H and O–H groups in total. The lowest BCUT2D eigenvalue weighted by Gasteiger charge is -2.10. The highest BCUT2D eigenvalue weighted by atomic mass is 19.4. The van der Waals surface area contributed by atoms with Gasteiger partial charge in [-0.3, -0.25) is 0 Å². The summed E-state index contributed by atoms with van der Waals surface area (Å²) in [4.78, 5) is 0. The lowest BCUT2D eigenvalue weighted by Crippen LogP contribution is -2.07. The van der Waals surface area contributed by atoms with Crippen LogP contribution in [0.2, 0.25) is 0 Å². The largest absolute Gasteiger partial charge is 0.461 e. The summed E-state index contributed by atoms with van der Waals surface area (Å²) in [5.74, 6) is 3.06. The Balaban J connectivity index is 2.57. The van der Waals surface area contributed by atoms with Crippen LogP contribution in [0.5, 0.6) is 0 Å². The number of rotatable bonds is 1. The molecule has 1 aromatic carbocycles. The first kappa shape index (κ1) is 12.3. The monoisotopic (exact) mass is 250 g/mol. The molecule has 0 radical (unpaired) electrons. The van der Waals surface area contributed by atoms with E-state index in [1.807, 2.05) is 5.92 Å². The van der Waals surface area contributed by atoms with Crippen LogP contribution in [0.25, 0.3) is 11.3 Å². The number of benzene rings is 1. The van der Waals surface area contributed by atoms with E-state index in [9.17, 15) is 13.2 Å². The molecular formula is C14H9F3O. The van der Waals surface area contributed by atoms with Crippen molar-refractivity contribution in [3.63, 3.8) is 0 Å². The third-order valence-electron chi connectivity index (χ3n) is 2.51. The average Bonchev–Trinajstić information content (AvgIpc) is 2.74. The van der Waals surface area contributed by atoms with E-state index in [-0.39, 0.29) is 5.56 Å². The van der Waals surface area contributed by atoms with Gasteiger partial charge in [-0.05, 0) is 37.3 Å². The van der Waals surface area contributed by atoms with Gasteiger partial charge in [0.05, 0.1) is 5.56 Å². The van der Waals surface area contributed by atoms with Crippen molar-refractivity contribution in [1.82, 2.24) is 0 Å². The zero-order chi connectivity index (χ0) is 13.3. The second-order valence-corrected chi connectivity index (χ2v) is 3.81. The van der Waals surface area contributed by atoms with Gasteiger partial charge in [-0.1, -0.05) is 5.92 Å². The molecule has 0 spiro atoms. The Morgan fingerprint density at radius 3 is 2.39 bits per heavy atom. The van der Waals surface area contributed by atoms with Crippen LogP contribution in [-0.4, -0.2) is 0 Å². The van der Waals surface area contributed by atoms with Gasteiger partial charge in [0, 0.05) is 11.1 Å². The molecule has 0 bridgehead atoms. The molecule has 0 fully saturated rings. The standard InChI is InChI=1S/C14H9F3O/c1-3-10-5-6-11(8-12(10)14(15,16)17)13-7-4-9(2)18-13/h1,4-8H,2H3. The van der Waals surface area contributed by atoms with Crippen LogP contribution in [0.1, 0.15) is 16.9 Å². The fourth-order valence-corrected chi connectivity index (χ4v) is 1.65. The minimum atomic E-state index is -4.47. The molecule has 18 heavy (non-hydrogen) atoms. The summed E-state index contributed by atoms with van der Waals surface area (Å²) in [7, 11) is 0. The van der Waals surface area contributed by atoms with Gasteiger partial charge in [0.25, 0.3) is 0 Å². The van der Waals surface area contributed by atoms with Gasteiger partial charge in [-0.25, -0.2) is 0 Å². The van der Waals surface area contributed by atoms with Crippen molar-refractivity contribution in [1.29, 1.82) is 0 Å². The third-order valence-corrected chi connectivity index (χ3v) is 2.51. The molecule has 0 unspecified atom stereocenters. The molecule has 0 atom stereocenters. The summed E-state index contributed by atoms with van der Waals surface area (Å²) >= 11 is 0. The number of alkyl halides is 3. The Kier molecular flexibility index (Phi) is 2.92. The van der Waals surface area contributed by atoms with Crippen LogP contribution in [0.15, 0.2) is 34.7 Å². The van der Waals surface area contributed by atoms with Crippen molar-refractivity contribution in [2.75, 3.05) is 0 Å². The van der Waals surface area contributed by atoms with Crippen LogP contribution >= 0.6 is 0 Å². The molecule has 2 rings (SSSR count). The van der Waals surface area contributed by atoms with Crippen molar-refractivity contribution in [3.05, 3.63) is 47.2 Å². The molecule has 0 aliphatic carbocycles. The molecule has 4 heteroatoms. The highest BCUT2D eigenvalue weighted by Crippen LogP contribution is 2.35. The predicted octanol–water partition coefficient (Wildman–Crippen LogP) is 4.26. The van der Waals surface area contributed by atoms with E-state index in [4.69, 9.17) is 10.8 Å². The van der Waals surface area contributed by atoms with E-state index in [2.05, 4.69) is 0 Å². The summed E-state index contributed by atoms with van der Waals surface area (Å²) in [6.45, 7) is 1.73. The second kappa shape index (κ2) is 4.26. The fourth-order valence-electron chi connectivity index (χ4n) is 1.65. The molecule has 1 aromatic heterocycles. The van der Waals surface area contributed by atoms with Crippen molar-refractivity contribution < 1.29 is 17.6 Å². The maximum atomic E-state index is 12.8. The quantitative estimate of drug-likeness (QED) is 0.689. The normalized spacial score (nSPS) is 11.3. The van der Waals surface area contributed by atoms with E-state index in [1.165, 1.54) is 12.1 Å². The van der Waals surface area contributed by atoms with Crippen molar-refractivity contribution in [3.8, 4) is 23.7 Å². The van der Waals surface area contributed by atoms with Gasteiger partial charge >= 0.3 is 6.18 Å². The smallest absolute Gasteiger partial charge is 0.417 e. The number of terminal acetylenes is 1. The van der Waals surface area contributed by atoms with Gasteiger partial charge in [-0.2, -0.15) is 13.2 Å². The Morgan fingerprint density at radius 2 is 1.89 bits per heavy atom. The molecule has 0 saturated carbocycles. The SMILES string of the molecule is C#Cc1ccc(-c2ccc(C)o2)cc1C(F)(F)F. The van der Waals surface area contributed by atoms with Crippen LogP contribution in [0.3, 0.4) is 0 Å². The first-order chi connectivity index (χ1) is 8.41. The Bertz CT molecular complexity index is 615. The van der Waals surface area contributed by atoms with E-state index < -0.39 is 11.7 Å². The summed E-state index contributed by atoms with van der Waals surface area (Å²) in [5, 5.41) is 0. The maximum absolute atomic E-state index is 12.8. The molecule has 0 saturated heterocycles. The average molecular weight is 250 g/mol. The van der Waals surface area contributed by atoms with Crippen molar-refractivity contribution >= 4 is 0 Å². The van der Waals surface area contributed by atoms with Crippen LogP contribution in [0.4, 0.5) is 13.2 Å². The van der Waals surface area contributed by atoms with Crippen LogP contribution < -0.4 is 0 Å². The summed E-state index contributed by atoms with van der Waals surface area (Å²) in [6, 6.07) is 7.12. The molecule has 92 valence electrons. The van der Waals surface area contributed by atoms with Crippen molar-refractivity contribution in [2.24, 2.45) is 0 Å². The number of hydrogen-bond donors (Lipinski definition) is 0. The number of aryl methyl sites for hydroxylation is 1. The van der Waals surface area contributed by atoms with E-state index >= 15 is 0 Å². The minimum Gasteiger partial charge on any atom is -0.461 e. The van der Waals surface area contributed by atoms with E-state index in [0.29, 0.717) is 17.1 Å². The topological polar surface area (TPSA) is 13.1 Å². The van der Waals surface area contributed by atoms with E-state index in [0.717, 1.165) is 6.07 Å². The predicted molar refractivity (Wildman–Crippen MR) is 61.8 cm³/mol. The van der Waals surface area contributed by atoms with Gasteiger partial charge in [0.15, 0.2) is 0 Å². The van der Waals surface area contributed by atoms with E-state index in [1.54, 1.807) is 19.1 Å². The Hall–Kier alpha value is -2.15. The minimum absolute atomic E-state index is 0.172. The van der Waals surface area contributed by atoms with Crippen LogP contribution in [-0.2, 0) is 6.18 Å². The molecule has 0 aliphatic rings. The molecule has 0 amide bonds. The first-order valence-electron chi connectivity index (χ1n) is 5.16. The lowest BCUT2D eigenvalue weighted by atomic mass is 10.0. The van der Waals surface area contributed by atoms with Crippen LogP contribution in [0, 0.1) is 19.3 Å². The van der Waals surface area contributed by atoms with Gasteiger partial charge in [-0.15, -0.1) is 6.42 Å². The zero-order valence-corrected chi connectivity index (χ0v) is 9.51. The number of hydrogen-bond acceptors (Lipinski definition) is 1. The lowest BCUT2D eigenvalue weighted by molar-refractivity contribution is -0.137. The van der Waals surface area contributed by atoms with Gasteiger partial charge in [0.2, 0.25) is 0 Å². The zero-order valence-electron chi connectivity index (χ0n) is 9.51. The maximum Gasteiger partial charge on any atom is 0.417 e. The summed E-state index contributed by atoms with van der Waals surface area (Å²) in [5.41, 5.74) is -0.638. The molecule has 2 aromatic rings.